The Morgan fingerprint density at radius 3 is 2.70 bits per heavy atom. The maximum absolute atomic E-state index is 4.70. The lowest BCUT2D eigenvalue weighted by molar-refractivity contribution is 0.469. The highest BCUT2D eigenvalue weighted by molar-refractivity contribution is 14.1. The van der Waals surface area contributed by atoms with E-state index in [0.717, 1.165) is 18.5 Å². The Labute approximate surface area is 134 Å². The van der Waals surface area contributed by atoms with Crippen LogP contribution in [0.1, 0.15) is 43.6 Å². The number of halogens is 1. The SMILES string of the molecule is CCC(C)n1ccc(CC(NC)c2ccccc2I)n1. The van der Waals surface area contributed by atoms with E-state index in [2.05, 4.69) is 83.0 Å². The van der Waals surface area contributed by atoms with Crippen molar-refractivity contribution in [1.29, 1.82) is 0 Å². The lowest BCUT2D eigenvalue weighted by atomic mass is 10.0. The van der Waals surface area contributed by atoms with Crippen molar-refractivity contribution >= 4 is 22.6 Å². The molecular weight excluding hydrogens is 361 g/mol. The molecule has 108 valence electrons. The Balaban J connectivity index is 2.15. The van der Waals surface area contributed by atoms with Gasteiger partial charge in [0, 0.05) is 28.3 Å². The molecule has 1 aromatic carbocycles. The molecule has 1 heterocycles. The van der Waals surface area contributed by atoms with E-state index in [9.17, 15) is 0 Å². The summed E-state index contributed by atoms with van der Waals surface area (Å²) in [6, 6.07) is 11.4. The van der Waals surface area contributed by atoms with Crippen LogP contribution in [0, 0.1) is 3.57 Å². The molecule has 0 bridgehead atoms. The first-order valence-corrected chi connectivity index (χ1v) is 8.19. The number of nitrogens with zero attached hydrogens (tertiary/aromatic N) is 2. The van der Waals surface area contributed by atoms with Crippen LogP contribution in [-0.2, 0) is 6.42 Å². The van der Waals surface area contributed by atoms with Gasteiger partial charge in [0.1, 0.15) is 0 Å². The number of hydrogen-bond acceptors (Lipinski definition) is 2. The van der Waals surface area contributed by atoms with Crippen molar-refractivity contribution in [1.82, 2.24) is 15.1 Å². The van der Waals surface area contributed by atoms with Crippen LogP contribution in [0.2, 0.25) is 0 Å². The first kappa shape index (κ1) is 15.5. The normalized spacial score (nSPS) is 14.2. The number of aromatic nitrogens is 2. The number of benzene rings is 1. The highest BCUT2D eigenvalue weighted by Gasteiger charge is 2.15. The van der Waals surface area contributed by atoms with Crippen molar-refractivity contribution in [2.24, 2.45) is 0 Å². The predicted octanol–water partition coefficient (Wildman–Crippen LogP) is 3.96. The largest absolute Gasteiger partial charge is 0.313 e. The predicted molar refractivity (Wildman–Crippen MR) is 91.9 cm³/mol. The third kappa shape index (κ3) is 3.61. The fourth-order valence-corrected chi connectivity index (χ4v) is 3.02. The van der Waals surface area contributed by atoms with Crippen molar-refractivity contribution in [2.75, 3.05) is 7.05 Å². The van der Waals surface area contributed by atoms with E-state index in [4.69, 9.17) is 5.10 Å². The van der Waals surface area contributed by atoms with Gasteiger partial charge in [-0.3, -0.25) is 4.68 Å². The zero-order valence-corrected chi connectivity index (χ0v) is 14.5. The van der Waals surface area contributed by atoms with Crippen LogP contribution in [-0.4, -0.2) is 16.8 Å². The minimum absolute atomic E-state index is 0.309. The summed E-state index contributed by atoms with van der Waals surface area (Å²) in [5.41, 5.74) is 2.48. The second kappa shape index (κ2) is 7.22. The molecule has 0 aliphatic rings. The van der Waals surface area contributed by atoms with E-state index in [-0.39, 0.29) is 0 Å². The number of likely N-dealkylation sites (N-methyl/N-ethyl adjacent to an activating group) is 1. The Kier molecular flexibility index (Phi) is 5.60. The Morgan fingerprint density at radius 1 is 1.30 bits per heavy atom. The summed E-state index contributed by atoms with van der Waals surface area (Å²) in [6.07, 6.45) is 4.11. The molecule has 0 aliphatic carbocycles. The van der Waals surface area contributed by atoms with Gasteiger partial charge in [-0.1, -0.05) is 25.1 Å². The average Bonchev–Trinajstić information content (AvgIpc) is 2.93. The third-order valence-electron chi connectivity index (χ3n) is 3.75. The molecule has 0 saturated carbocycles. The zero-order chi connectivity index (χ0) is 14.5. The molecule has 2 atom stereocenters. The van der Waals surface area contributed by atoms with Gasteiger partial charge in [0.2, 0.25) is 0 Å². The van der Waals surface area contributed by atoms with Gasteiger partial charge in [-0.15, -0.1) is 0 Å². The number of hydrogen-bond donors (Lipinski definition) is 1. The summed E-state index contributed by atoms with van der Waals surface area (Å²) in [7, 11) is 2.01. The van der Waals surface area contributed by atoms with Crippen molar-refractivity contribution in [3.05, 3.63) is 51.4 Å². The highest BCUT2D eigenvalue weighted by atomic mass is 127. The molecule has 4 heteroatoms. The molecule has 0 amide bonds. The Bertz CT molecular complexity index is 550. The quantitative estimate of drug-likeness (QED) is 0.766. The van der Waals surface area contributed by atoms with Crippen LogP contribution < -0.4 is 5.32 Å². The molecule has 3 nitrogen and oxygen atoms in total. The molecule has 0 spiro atoms. The van der Waals surface area contributed by atoms with Crippen molar-refractivity contribution in [3.8, 4) is 0 Å². The van der Waals surface area contributed by atoms with Gasteiger partial charge in [-0.2, -0.15) is 5.10 Å². The van der Waals surface area contributed by atoms with Crippen LogP contribution in [0.3, 0.4) is 0 Å². The van der Waals surface area contributed by atoms with Gasteiger partial charge in [-0.25, -0.2) is 0 Å². The van der Waals surface area contributed by atoms with Crippen molar-refractivity contribution in [2.45, 2.75) is 38.8 Å². The molecule has 0 saturated heterocycles. The van der Waals surface area contributed by atoms with Gasteiger partial charge in [0.25, 0.3) is 0 Å². The van der Waals surface area contributed by atoms with Crippen molar-refractivity contribution < 1.29 is 0 Å². The van der Waals surface area contributed by atoms with Gasteiger partial charge in [-0.05, 0) is 60.7 Å². The van der Waals surface area contributed by atoms with Crippen LogP contribution in [0.4, 0.5) is 0 Å². The van der Waals surface area contributed by atoms with Gasteiger partial charge in [0.15, 0.2) is 0 Å². The van der Waals surface area contributed by atoms with E-state index in [0.29, 0.717) is 12.1 Å². The molecule has 2 aromatic rings. The molecular formula is C16H22IN3. The second-order valence-corrected chi connectivity index (χ2v) is 6.27. The average molecular weight is 383 g/mol. The fraction of sp³-hybridized carbons (Fsp3) is 0.438. The Morgan fingerprint density at radius 2 is 2.05 bits per heavy atom. The smallest absolute Gasteiger partial charge is 0.0643 e. The topological polar surface area (TPSA) is 29.9 Å². The molecule has 0 aliphatic heterocycles. The van der Waals surface area contributed by atoms with E-state index in [1.807, 2.05) is 7.05 Å². The van der Waals surface area contributed by atoms with E-state index >= 15 is 0 Å². The summed E-state index contributed by atoms with van der Waals surface area (Å²) in [6.45, 7) is 4.39. The summed E-state index contributed by atoms with van der Waals surface area (Å²) in [5, 5.41) is 8.10. The number of rotatable bonds is 6. The summed E-state index contributed by atoms with van der Waals surface area (Å²) in [5.74, 6) is 0. The number of nitrogens with one attached hydrogen (secondary N) is 1. The first-order valence-electron chi connectivity index (χ1n) is 7.11. The van der Waals surface area contributed by atoms with Crippen LogP contribution >= 0.6 is 22.6 Å². The van der Waals surface area contributed by atoms with Gasteiger partial charge >= 0.3 is 0 Å². The lowest BCUT2D eigenvalue weighted by Crippen LogP contribution is -2.20. The molecule has 20 heavy (non-hydrogen) atoms. The molecule has 2 rings (SSSR count). The second-order valence-electron chi connectivity index (χ2n) is 5.11. The molecule has 1 N–H and O–H groups in total. The maximum Gasteiger partial charge on any atom is 0.0643 e. The Hall–Kier alpha value is -0.880. The van der Waals surface area contributed by atoms with E-state index in [1.54, 1.807) is 0 Å². The summed E-state index contributed by atoms with van der Waals surface area (Å²) < 4.78 is 3.36. The minimum Gasteiger partial charge on any atom is -0.313 e. The van der Waals surface area contributed by atoms with Crippen molar-refractivity contribution in [3.63, 3.8) is 0 Å². The minimum atomic E-state index is 0.309. The lowest BCUT2D eigenvalue weighted by Gasteiger charge is -2.17. The van der Waals surface area contributed by atoms with Gasteiger partial charge in [0.05, 0.1) is 5.69 Å². The summed E-state index contributed by atoms with van der Waals surface area (Å²) in [4.78, 5) is 0. The van der Waals surface area contributed by atoms with Crippen LogP contribution in [0.5, 0.6) is 0 Å². The highest BCUT2D eigenvalue weighted by Crippen LogP contribution is 2.23. The zero-order valence-electron chi connectivity index (χ0n) is 12.3. The van der Waals surface area contributed by atoms with Gasteiger partial charge < -0.3 is 5.32 Å². The molecule has 2 unspecified atom stereocenters. The molecule has 1 aromatic heterocycles. The maximum atomic E-state index is 4.70. The fourth-order valence-electron chi connectivity index (χ4n) is 2.25. The first-order chi connectivity index (χ1) is 9.65. The van der Waals surface area contributed by atoms with E-state index < -0.39 is 0 Å². The molecule has 0 radical (unpaired) electrons. The monoisotopic (exact) mass is 383 g/mol. The van der Waals surface area contributed by atoms with E-state index in [1.165, 1.54) is 9.13 Å². The molecule has 0 fully saturated rings. The van der Waals surface area contributed by atoms with Crippen LogP contribution in [0.15, 0.2) is 36.5 Å². The third-order valence-corrected chi connectivity index (χ3v) is 4.73. The standard InChI is InChI=1S/C16H22IN3/c1-4-12(2)20-10-9-13(19-20)11-16(18-3)14-7-5-6-8-15(14)17/h5-10,12,16,18H,4,11H2,1-3H3. The van der Waals surface area contributed by atoms with Crippen LogP contribution in [0.25, 0.3) is 0 Å². The summed E-state index contributed by atoms with van der Waals surface area (Å²) >= 11 is 2.40.